The third-order valence-electron chi connectivity index (χ3n) is 4.75. The van der Waals surface area contributed by atoms with Gasteiger partial charge in [-0.05, 0) is 71.9 Å². The molecule has 4 rings (SSSR count). The zero-order chi connectivity index (χ0) is 22.6. The van der Waals surface area contributed by atoms with Crippen LogP contribution in [-0.2, 0) is 10.0 Å². The predicted molar refractivity (Wildman–Crippen MR) is 120 cm³/mol. The monoisotopic (exact) mass is 448 g/mol. The average molecular weight is 449 g/mol. The molecule has 3 aromatic carbocycles. The molecule has 0 atom stereocenters. The maximum Gasteiger partial charge on any atom is 0.264 e. The summed E-state index contributed by atoms with van der Waals surface area (Å²) in [5, 5.41) is 13.8. The molecule has 1 heterocycles. The smallest absolute Gasteiger partial charge is 0.264 e. The third-order valence-corrected chi connectivity index (χ3v) is 6.65. The molecule has 0 saturated heterocycles. The number of carbonyl (C=O) groups excluding carboxylic acids is 1. The number of aromatic nitrogens is 4. The van der Waals surface area contributed by atoms with E-state index in [0.717, 1.165) is 5.69 Å². The highest BCUT2D eigenvalue weighted by Gasteiger charge is 2.24. The normalized spacial score (nSPS) is 11.2. The summed E-state index contributed by atoms with van der Waals surface area (Å²) in [4.78, 5) is 12.8. The van der Waals surface area contributed by atoms with Crippen molar-refractivity contribution in [1.82, 2.24) is 20.2 Å². The maximum absolute atomic E-state index is 13.2. The molecule has 162 valence electrons. The lowest BCUT2D eigenvalue weighted by Gasteiger charge is -2.23. The van der Waals surface area contributed by atoms with E-state index in [4.69, 9.17) is 0 Å². The zero-order valence-electron chi connectivity index (χ0n) is 17.2. The van der Waals surface area contributed by atoms with Crippen LogP contribution < -0.4 is 9.62 Å². The van der Waals surface area contributed by atoms with Crippen LogP contribution in [-0.4, -0.2) is 41.1 Å². The first-order chi connectivity index (χ1) is 15.5. The fourth-order valence-corrected chi connectivity index (χ4v) is 4.71. The van der Waals surface area contributed by atoms with Crippen LogP contribution in [0.15, 0.2) is 90.1 Å². The summed E-state index contributed by atoms with van der Waals surface area (Å²) in [6.07, 6.45) is 1.47. The highest BCUT2D eigenvalue weighted by molar-refractivity contribution is 7.92. The van der Waals surface area contributed by atoms with Crippen LogP contribution in [0.25, 0.3) is 5.69 Å². The second-order valence-electron chi connectivity index (χ2n) is 6.79. The Morgan fingerprint density at radius 2 is 1.75 bits per heavy atom. The number of rotatable bonds is 7. The zero-order valence-corrected chi connectivity index (χ0v) is 18.0. The number of sulfonamides is 1. The number of hydrogen-bond acceptors (Lipinski definition) is 6. The third kappa shape index (κ3) is 4.35. The first kappa shape index (κ1) is 21.2. The lowest BCUT2D eigenvalue weighted by molar-refractivity contribution is 0.102. The van der Waals surface area contributed by atoms with E-state index in [2.05, 4.69) is 20.8 Å². The number of amides is 1. The van der Waals surface area contributed by atoms with E-state index in [1.165, 1.54) is 27.4 Å². The summed E-state index contributed by atoms with van der Waals surface area (Å²) in [5.41, 5.74) is 2.09. The summed E-state index contributed by atoms with van der Waals surface area (Å²) < 4.78 is 29.2. The van der Waals surface area contributed by atoms with E-state index >= 15 is 0 Å². The van der Waals surface area contributed by atoms with Gasteiger partial charge in [0.05, 0.1) is 16.3 Å². The number of benzene rings is 3. The molecule has 0 aliphatic rings. The van der Waals surface area contributed by atoms with Gasteiger partial charge in [-0.3, -0.25) is 9.10 Å². The Hall–Kier alpha value is -4.05. The van der Waals surface area contributed by atoms with Gasteiger partial charge in [-0.1, -0.05) is 24.3 Å². The summed E-state index contributed by atoms with van der Waals surface area (Å²) >= 11 is 0. The second-order valence-corrected chi connectivity index (χ2v) is 8.65. The lowest BCUT2D eigenvalue weighted by Crippen LogP contribution is -2.30. The van der Waals surface area contributed by atoms with Crippen LogP contribution in [0.4, 0.5) is 11.4 Å². The first-order valence-corrected chi connectivity index (χ1v) is 11.3. The van der Waals surface area contributed by atoms with Gasteiger partial charge in [-0.15, -0.1) is 5.10 Å². The SMILES string of the molecule is CCN(c1ccccc1)S(=O)(=O)c1cccc(C(=O)Nc2ccc(-n3cnnn3)cc2)c1. The van der Waals surface area contributed by atoms with E-state index in [9.17, 15) is 13.2 Å². The van der Waals surface area contributed by atoms with E-state index in [-0.39, 0.29) is 17.0 Å². The van der Waals surface area contributed by atoms with Crippen molar-refractivity contribution >= 4 is 27.3 Å². The van der Waals surface area contributed by atoms with Crippen LogP contribution in [0.2, 0.25) is 0 Å². The van der Waals surface area contributed by atoms with Crippen molar-refractivity contribution in [2.45, 2.75) is 11.8 Å². The molecule has 0 saturated carbocycles. The Morgan fingerprint density at radius 3 is 2.41 bits per heavy atom. The van der Waals surface area contributed by atoms with E-state index in [1.54, 1.807) is 67.6 Å². The summed E-state index contributed by atoms with van der Waals surface area (Å²) in [7, 11) is -3.83. The van der Waals surface area contributed by atoms with Crippen molar-refractivity contribution in [1.29, 1.82) is 0 Å². The number of hydrogen-bond donors (Lipinski definition) is 1. The molecule has 1 N–H and O–H groups in total. The van der Waals surface area contributed by atoms with Crippen molar-refractivity contribution in [2.24, 2.45) is 0 Å². The number of nitrogens with zero attached hydrogens (tertiary/aromatic N) is 5. The van der Waals surface area contributed by atoms with Crippen LogP contribution in [0.1, 0.15) is 17.3 Å². The molecule has 0 radical (unpaired) electrons. The molecule has 0 unspecified atom stereocenters. The molecule has 9 nitrogen and oxygen atoms in total. The Bertz CT molecular complexity index is 1310. The van der Waals surface area contributed by atoms with Gasteiger partial charge in [0.1, 0.15) is 6.33 Å². The first-order valence-electron chi connectivity index (χ1n) is 9.81. The number of anilines is 2. The van der Waals surface area contributed by atoms with Crippen molar-refractivity contribution in [3.63, 3.8) is 0 Å². The van der Waals surface area contributed by atoms with Gasteiger partial charge in [-0.2, -0.15) is 0 Å². The van der Waals surface area contributed by atoms with Gasteiger partial charge < -0.3 is 5.32 Å². The minimum absolute atomic E-state index is 0.0462. The second kappa shape index (κ2) is 8.98. The lowest BCUT2D eigenvalue weighted by atomic mass is 10.2. The van der Waals surface area contributed by atoms with Crippen LogP contribution in [0.3, 0.4) is 0 Å². The minimum Gasteiger partial charge on any atom is -0.322 e. The molecule has 1 aromatic heterocycles. The fraction of sp³-hybridized carbons (Fsp3) is 0.0909. The summed E-state index contributed by atoms with van der Waals surface area (Å²) in [6.45, 7) is 2.02. The van der Waals surface area contributed by atoms with E-state index < -0.39 is 15.9 Å². The fourth-order valence-electron chi connectivity index (χ4n) is 3.19. The Balaban J connectivity index is 1.55. The molecule has 4 aromatic rings. The molecule has 0 aliphatic carbocycles. The van der Waals surface area contributed by atoms with Crippen molar-refractivity contribution < 1.29 is 13.2 Å². The van der Waals surface area contributed by atoms with Crippen molar-refractivity contribution in [3.8, 4) is 5.69 Å². The van der Waals surface area contributed by atoms with Gasteiger partial charge in [-0.25, -0.2) is 13.1 Å². The standard InChI is InChI=1S/C22H20N6O3S/c1-2-28(20-8-4-3-5-9-20)32(30,31)21-10-6-7-17(15-21)22(29)24-18-11-13-19(14-12-18)27-16-23-25-26-27/h3-16H,2H2,1H3,(H,24,29). The van der Waals surface area contributed by atoms with E-state index in [1.807, 2.05) is 6.07 Å². The molecule has 0 aliphatic heterocycles. The van der Waals surface area contributed by atoms with Gasteiger partial charge >= 0.3 is 0 Å². The summed E-state index contributed by atoms with van der Waals surface area (Å²) in [6, 6.07) is 21.8. The molecule has 32 heavy (non-hydrogen) atoms. The Morgan fingerprint density at radius 1 is 1.00 bits per heavy atom. The highest BCUT2D eigenvalue weighted by atomic mass is 32.2. The van der Waals surface area contributed by atoms with Crippen molar-refractivity contribution in [3.05, 3.63) is 90.8 Å². The predicted octanol–water partition coefficient (Wildman–Crippen LogP) is 3.13. The molecule has 1 amide bonds. The number of carbonyl (C=O) groups is 1. The topological polar surface area (TPSA) is 110 Å². The van der Waals surface area contributed by atoms with Gasteiger partial charge in [0, 0.05) is 17.8 Å². The largest absolute Gasteiger partial charge is 0.322 e. The van der Waals surface area contributed by atoms with Gasteiger partial charge in [0.15, 0.2) is 0 Å². The average Bonchev–Trinajstić information content (AvgIpc) is 3.36. The van der Waals surface area contributed by atoms with Crippen LogP contribution in [0.5, 0.6) is 0 Å². The van der Waals surface area contributed by atoms with Gasteiger partial charge in [0.2, 0.25) is 0 Å². The maximum atomic E-state index is 13.2. The number of tetrazole rings is 1. The highest BCUT2D eigenvalue weighted by Crippen LogP contribution is 2.24. The molecular formula is C22H20N6O3S. The Kier molecular flexibility index (Phi) is 5.95. The van der Waals surface area contributed by atoms with Crippen molar-refractivity contribution in [2.75, 3.05) is 16.2 Å². The molecular weight excluding hydrogens is 428 g/mol. The van der Waals surface area contributed by atoms with Gasteiger partial charge in [0.25, 0.3) is 15.9 Å². The molecule has 0 bridgehead atoms. The Labute approximate surface area is 185 Å². The van der Waals surface area contributed by atoms with Crippen LogP contribution >= 0.6 is 0 Å². The van der Waals surface area contributed by atoms with Crippen LogP contribution in [0, 0.1) is 0 Å². The quantitative estimate of drug-likeness (QED) is 0.465. The molecule has 0 spiro atoms. The molecule has 0 fully saturated rings. The molecule has 10 heteroatoms. The summed E-state index contributed by atoms with van der Waals surface area (Å²) in [5.74, 6) is -0.417. The number of para-hydroxylation sites is 1. The van der Waals surface area contributed by atoms with E-state index in [0.29, 0.717) is 11.4 Å². The minimum atomic E-state index is -3.83. The number of nitrogens with one attached hydrogen (secondary N) is 1.